The Labute approximate surface area is 152 Å². The predicted molar refractivity (Wildman–Crippen MR) is 102 cm³/mol. The molecule has 4 heteroatoms. The van der Waals surface area contributed by atoms with Crippen LogP contribution in [0.25, 0.3) is 21.9 Å². The molecular weight excluding hydrogens is 326 g/mol. The standard InChI is InChI=1S/C22H23NO3/c1-12-7-16-15-5-3-4-6-18(15)26-22(16)17-9-23-21-13(10-24)8-14(11-25-2)20(21)19(12)17/h3-8,13,20-21,23-24H,9-11H2,1-2H3. The monoisotopic (exact) mass is 349 g/mol. The van der Waals surface area contributed by atoms with E-state index in [2.05, 4.69) is 36.5 Å². The highest BCUT2D eigenvalue weighted by molar-refractivity contribution is 6.06. The summed E-state index contributed by atoms with van der Waals surface area (Å²) in [7, 11) is 1.73. The fraction of sp³-hybridized carbons (Fsp3) is 0.364. The average molecular weight is 349 g/mol. The molecule has 26 heavy (non-hydrogen) atoms. The molecule has 0 spiro atoms. The van der Waals surface area contributed by atoms with Gasteiger partial charge in [0.15, 0.2) is 0 Å². The third-order valence-corrected chi connectivity index (χ3v) is 6.01. The van der Waals surface area contributed by atoms with Crippen LogP contribution in [-0.2, 0) is 11.3 Å². The molecule has 5 rings (SSSR count). The van der Waals surface area contributed by atoms with Crippen LogP contribution >= 0.6 is 0 Å². The predicted octanol–water partition coefficient (Wildman–Crippen LogP) is 3.64. The summed E-state index contributed by atoms with van der Waals surface area (Å²) < 4.78 is 11.7. The number of furan rings is 1. The van der Waals surface area contributed by atoms with Gasteiger partial charge >= 0.3 is 0 Å². The van der Waals surface area contributed by atoms with E-state index >= 15 is 0 Å². The smallest absolute Gasteiger partial charge is 0.140 e. The minimum Gasteiger partial charge on any atom is -0.456 e. The number of aliphatic hydroxyl groups excluding tert-OH is 1. The minimum absolute atomic E-state index is 0.129. The molecule has 2 aromatic carbocycles. The van der Waals surface area contributed by atoms with E-state index in [0.717, 1.165) is 17.7 Å². The Bertz CT molecular complexity index is 1030. The Kier molecular flexibility index (Phi) is 3.67. The zero-order valence-corrected chi connectivity index (χ0v) is 15.1. The van der Waals surface area contributed by atoms with Crippen molar-refractivity contribution in [3.63, 3.8) is 0 Å². The molecule has 134 valence electrons. The number of aliphatic hydroxyl groups is 1. The first-order chi connectivity index (χ1) is 12.7. The Morgan fingerprint density at radius 2 is 2.12 bits per heavy atom. The molecule has 2 aliphatic rings. The molecule has 0 bridgehead atoms. The number of benzene rings is 2. The molecule has 3 atom stereocenters. The van der Waals surface area contributed by atoms with Crippen molar-refractivity contribution >= 4 is 21.9 Å². The number of ether oxygens (including phenoxy) is 1. The van der Waals surface area contributed by atoms with Crippen molar-refractivity contribution < 1.29 is 14.3 Å². The number of fused-ring (bicyclic) bond motifs is 7. The molecule has 0 saturated heterocycles. The highest BCUT2D eigenvalue weighted by atomic mass is 16.5. The summed E-state index contributed by atoms with van der Waals surface area (Å²) in [4.78, 5) is 0. The summed E-state index contributed by atoms with van der Waals surface area (Å²) in [6.45, 7) is 3.71. The molecule has 1 aliphatic carbocycles. The van der Waals surface area contributed by atoms with Crippen LogP contribution in [0.5, 0.6) is 0 Å². The minimum atomic E-state index is 0.129. The molecule has 0 saturated carbocycles. The van der Waals surface area contributed by atoms with Gasteiger partial charge in [-0.25, -0.2) is 0 Å². The van der Waals surface area contributed by atoms with Crippen LogP contribution in [0.15, 0.2) is 46.4 Å². The largest absolute Gasteiger partial charge is 0.456 e. The maximum absolute atomic E-state index is 9.83. The first-order valence-electron chi connectivity index (χ1n) is 9.20. The van der Waals surface area contributed by atoms with Crippen LogP contribution < -0.4 is 5.32 Å². The summed E-state index contributed by atoms with van der Waals surface area (Å²) in [5.41, 5.74) is 7.06. The van der Waals surface area contributed by atoms with Crippen LogP contribution in [0, 0.1) is 12.8 Å². The zero-order valence-electron chi connectivity index (χ0n) is 15.1. The molecule has 3 aromatic rings. The van der Waals surface area contributed by atoms with Gasteiger partial charge < -0.3 is 19.6 Å². The fourth-order valence-electron chi connectivity index (χ4n) is 4.98. The molecule has 2 heterocycles. The van der Waals surface area contributed by atoms with E-state index in [0.29, 0.717) is 6.61 Å². The third kappa shape index (κ3) is 2.13. The Hall–Kier alpha value is -2.14. The number of para-hydroxylation sites is 1. The second-order valence-electron chi connectivity index (χ2n) is 7.47. The van der Waals surface area contributed by atoms with E-state index in [9.17, 15) is 5.11 Å². The van der Waals surface area contributed by atoms with Crippen LogP contribution in [0.1, 0.15) is 22.6 Å². The molecule has 4 nitrogen and oxygen atoms in total. The van der Waals surface area contributed by atoms with Crippen molar-refractivity contribution in [1.29, 1.82) is 0 Å². The number of aryl methyl sites for hydroxylation is 1. The maximum Gasteiger partial charge on any atom is 0.140 e. The van der Waals surface area contributed by atoms with Crippen molar-refractivity contribution in [1.82, 2.24) is 5.32 Å². The average Bonchev–Trinajstić information content (AvgIpc) is 3.20. The fourth-order valence-corrected chi connectivity index (χ4v) is 4.98. The van der Waals surface area contributed by atoms with Gasteiger partial charge in [0.2, 0.25) is 0 Å². The Balaban J connectivity index is 1.76. The van der Waals surface area contributed by atoms with Crippen molar-refractivity contribution in [2.75, 3.05) is 20.3 Å². The van der Waals surface area contributed by atoms with Gasteiger partial charge in [0.1, 0.15) is 11.2 Å². The van der Waals surface area contributed by atoms with Gasteiger partial charge in [-0.15, -0.1) is 0 Å². The van der Waals surface area contributed by atoms with Gasteiger partial charge in [-0.2, -0.15) is 0 Å². The van der Waals surface area contributed by atoms with Gasteiger partial charge in [-0.3, -0.25) is 0 Å². The number of hydrogen-bond acceptors (Lipinski definition) is 4. The van der Waals surface area contributed by atoms with Gasteiger partial charge in [-0.1, -0.05) is 24.3 Å². The van der Waals surface area contributed by atoms with Crippen molar-refractivity contribution in [3.8, 4) is 0 Å². The lowest BCUT2D eigenvalue weighted by Gasteiger charge is -2.35. The summed E-state index contributed by atoms with van der Waals surface area (Å²) in [6.07, 6.45) is 2.20. The summed E-state index contributed by atoms with van der Waals surface area (Å²) in [5.74, 6) is 0.359. The summed E-state index contributed by atoms with van der Waals surface area (Å²) in [6, 6.07) is 10.7. The van der Waals surface area contributed by atoms with Gasteiger partial charge in [-0.05, 0) is 35.8 Å². The first-order valence-corrected chi connectivity index (χ1v) is 9.20. The Morgan fingerprint density at radius 1 is 1.27 bits per heavy atom. The second kappa shape index (κ2) is 5.95. The van der Waals surface area contributed by atoms with Crippen molar-refractivity contribution in [2.45, 2.75) is 25.4 Å². The van der Waals surface area contributed by atoms with E-state index in [1.54, 1.807) is 7.11 Å². The molecule has 3 unspecified atom stereocenters. The lowest BCUT2D eigenvalue weighted by molar-refractivity contribution is 0.207. The highest BCUT2D eigenvalue weighted by Gasteiger charge is 2.42. The van der Waals surface area contributed by atoms with E-state index < -0.39 is 0 Å². The van der Waals surface area contributed by atoms with E-state index in [4.69, 9.17) is 9.15 Å². The SMILES string of the molecule is COCC1=CC(CO)C2NCc3c(c(C)cc4c3oc3ccccc34)C12. The molecule has 1 aliphatic heterocycles. The molecule has 2 N–H and O–H groups in total. The number of rotatable bonds is 3. The molecule has 0 radical (unpaired) electrons. The number of hydrogen-bond donors (Lipinski definition) is 2. The molecular formula is C22H23NO3. The lowest BCUT2D eigenvalue weighted by atomic mass is 9.78. The summed E-state index contributed by atoms with van der Waals surface area (Å²) >= 11 is 0. The van der Waals surface area contributed by atoms with E-state index in [1.165, 1.54) is 33.0 Å². The lowest BCUT2D eigenvalue weighted by Crippen LogP contribution is -2.43. The van der Waals surface area contributed by atoms with Crippen LogP contribution in [0.4, 0.5) is 0 Å². The normalized spacial score (nSPS) is 24.7. The van der Waals surface area contributed by atoms with Crippen LogP contribution in [0.3, 0.4) is 0 Å². The van der Waals surface area contributed by atoms with Crippen LogP contribution in [0.2, 0.25) is 0 Å². The molecule has 1 aromatic heterocycles. The van der Waals surface area contributed by atoms with E-state index in [-0.39, 0.29) is 24.5 Å². The van der Waals surface area contributed by atoms with Crippen molar-refractivity contribution in [3.05, 3.63) is 58.7 Å². The van der Waals surface area contributed by atoms with Crippen LogP contribution in [-0.4, -0.2) is 31.5 Å². The molecule has 0 amide bonds. The highest BCUT2D eigenvalue weighted by Crippen LogP contribution is 2.47. The van der Waals surface area contributed by atoms with Crippen molar-refractivity contribution in [2.24, 2.45) is 5.92 Å². The van der Waals surface area contributed by atoms with Gasteiger partial charge in [0.05, 0.1) is 13.2 Å². The van der Waals surface area contributed by atoms with Gasteiger partial charge in [0.25, 0.3) is 0 Å². The molecule has 0 fully saturated rings. The third-order valence-electron chi connectivity index (χ3n) is 6.01. The quantitative estimate of drug-likeness (QED) is 0.709. The first kappa shape index (κ1) is 16.1. The maximum atomic E-state index is 9.83. The van der Waals surface area contributed by atoms with Gasteiger partial charge in [0, 0.05) is 47.9 Å². The second-order valence-corrected chi connectivity index (χ2v) is 7.47. The number of methoxy groups -OCH3 is 1. The summed E-state index contributed by atoms with van der Waals surface area (Å²) in [5, 5.41) is 15.8. The number of nitrogens with one attached hydrogen (secondary N) is 1. The zero-order chi connectivity index (χ0) is 17.8. The topological polar surface area (TPSA) is 54.6 Å². The van der Waals surface area contributed by atoms with E-state index in [1.807, 2.05) is 12.1 Å². The Morgan fingerprint density at radius 3 is 2.92 bits per heavy atom.